The van der Waals surface area contributed by atoms with E-state index in [9.17, 15) is 13.2 Å². The molecular formula is C24H20F3N5O2. The molecule has 0 bridgehead atoms. The lowest BCUT2D eigenvalue weighted by atomic mass is 10.1. The van der Waals surface area contributed by atoms with Crippen molar-refractivity contribution in [2.75, 3.05) is 17.7 Å². The van der Waals surface area contributed by atoms with E-state index in [1.54, 1.807) is 30.3 Å². The number of hydrogen-bond acceptors (Lipinski definition) is 7. The smallest absolute Gasteiger partial charge is 0.433 e. The Bertz CT molecular complexity index is 1280. The SMILES string of the molecule is CCOc1ccccc1-c1cc(Nc2ccc(Oc3ccnc(C(F)(F)F)c3)cc2)nc(N)n1. The van der Waals surface area contributed by atoms with Crippen LogP contribution in [0, 0.1) is 0 Å². The van der Waals surface area contributed by atoms with E-state index in [4.69, 9.17) is 15.2 Å². The number of aromatic nitrogens is 3. The third-order valence-corrected chi connectivity index (χ3v) is 4.59. The third kappa shape index (κ3) is 5.52. The molecule has 0 spiro atoms. The fourth-order valence-corrected chi connectivity index (χ4v) is 3.15. The molecule has 2 heterocycles. The molecule has 0 atom stereocenters. The summed E-state index contributed by atoms with van der Waals surface area (Å²) in [6.07, 6.45) is -3.50. The van der Waals surface area contributed by atoms with Crippen LogP contribution in [0.2, 0.25) is 0 Å². The molecule has 0 aliphatic carbocycles. The number of halogens is 3. The number of nitrogens with two attached hydrogens (primary N) is 1. The Labute approximate surface area is 193 Å². The average Bonchev–Trinajstić information content (AvgIpc) is 2.80. The van der Waals surface area contributed by atoms with Crippen molar-refractivity contribution in [2.24, 2.45) is 0 Å². The van der Waals surface area contributed by atoms with Crippen LogP contribution in [0.5, 0.6) is 17.2 Å². The maximum atomic E-state index is 12.8. The predicted molar refractivity (Wildman–Crippen MR) is 122 cm³/mol. The highest BCUT2D eigenvalue weighted by molar-refractivity contribution is 5.71. The minimum atomic E-state index is -4.55. The van der Waals surface area contributed by atoms with Gasteiger partial charge in [0.15, 0.2) is 0 Å². The maximum Gasteiger partial charge on any atom is 0.433 e. The first-order valence-electron chi connectivity index (χ1n) is 10.3. The number of nitrogens with zero attached hydrogens (tertiary/aromatic N) is 3. The van der Waals surface area contributed by atoms with E-state index in [0.29, 0.717) is 35.3 Å². The first-order valence-corrected chi connectivity index (χ1v) is 10.3. The van der Waals surface area contributed by atoms with Gasteiger partial charge in [0.25, 0.3) is 0 Å². The number of hydrogen-bond donors (Lipinski definition) is 2. The van der Waals surface area contributed by atoms with Gasteiger partial charge in [0.05, 0.1) is 12.3 Å². The van der Waals surface area contributed by atoms with E-state index in [1.165, 1.54) is 6.07 Å². The Morgan fingerprint density at radius 3 is 2.44 bits per heavy atom. The normalized spacial score (nSPS) is 11.2. The molecule has 0 saturated carbocycles. The summed E-state index contributed by atoms with van der Waals surface area (Å²) < 4.78 is 49.7. The predicted octanol–water partition coefficient (Wildman–Crippen LogP) is 6.07. The van der Waals surface area contributed by atoms with Crippen molar-refractivity contribution >= 4 is 17.5 Å². The summed E-state index contributed by atoms with van der Waals surface area (Å²) >= 11 is 0. The van der Waals surface area contributed by atoms with Crippen molar-refractivity contribution < 1.29 is 22.6 Å². The summed E-state index contributed by atoms with van der Waals surface area (Å²) in [6.45, 7) is 2.41. The van der Waals surface area contributed by atoms with E-state index in [0.717, 1.165) is 17.8 Å². The average molecular weight is 467 g/mol. The van der Waals surface area contributed by atoms with Gasteiger partial charge < -0.3 is 20.5 Å². The zero-order valence-corrected chi connectivity index (χ0v) is 18.0. The number of nitrogens with one attached hydrogen (secondary N) is 1. The van der Waals surface area contributed by atoms with Crippen LogP contribution in [0.25, 0.3) is 11.3 Å². The molecular weight excluding hydrogens is 447 g/mol. The van der Waals surface area contributed by atoms with Crippen LogP contribution < -0.4 is 20.5 Å². The first kappa shape index (κ1) is 22.8. The molecule has 0 radical (unpaired) electrons. The van der Waals surface area contributed by atoms with Crippen molar-refractivity contribution in [1.82, 2.24) is 15.0 Å². The zero-order chi connectivity index (χ0) is 24.1. The van der Waals surface area contributed by atoms with Crippen molar-refractivity contribution in [3.63, 3.8) is 0 Å². The third-order valence-electron chi connectivity index (χ3n) is 4.59. The summed E-state index contributed by atoms with van der Waals surface area (Å²) in [5.41, 5.74) is 6.94. The molecule has 34 heavy (non-hydrogen) atoms. The van der Waals surface area contributed by atoms with Crippen LogP contribution in [0.4, 0.5) is 30.6 Å². The Balaban J connectivity index is 1.51. The number of benzene rings is 2. The lowest BCUT2D eigenvalue weighted by molar-refractivity contribution is -0.141. The molecule has 0 aliphatic rings. The van der Waals surface area contributed by atoms with Gasteiger partial charge >= 0.3 is 6.18 Å². The molecule has 0 unspecified atom stereocenters. The quantitative estimate of drug-likeness (QED) is 0.340. The van der Waals surface area contributed by atoms with E-state index < -0.39 is 11.9 Å². The topological polar surface area (TPSA) is 95.2 Å². The number of para-hydroxylation sites is 1. The van der Waals surface area contributed by atoms with Gasteiger partial charge in [-0.15, -0.1) is 0 Å². The number of ether oxygens (including phenoxy) is 2. The Morgan fingerprint density at radius 1 is 0.941 bits per heavy atom. The lowest BCUT2D eigenvalue weighted by Crippen LogP contribution is -2.07. The Kier molecular flexibility index (Phi) is 6.48. The van der Waals surface area contributed by atoms with Gasteiger partial charge in [-0.3, -0.25) is 4.98 Å². The zero-order valence-electron chi connectivity index (χ0n) is 18.0. The highest BCUT2D eigenvalue weighted by Crippen LogP contribution is 2.33. The minimum Gasteiger partial charge on any atom is -0.493 e. The van der Waals surface area contributed by atoms with Crippen molar-refractivity contribution in [1.29, 1.82) is 0 Å². The van der Waals surface area contributed by atoms with Crippen LogP contribution >= 0.6 is 0 Å². The van der Waals surface area contributed by atoms with Gasteiger partial charge in [-0.05, 0) is 49.4 Å². The molecule has 4 rings (SSSR count). The van der Waals surface area contributed by atoms with E-state index in [1.807, 2.05) is 31.2 Å². The fourth-order valence-electron chi connectivity index (χ4n) is 3.15. The number of anilines is 3. The van der Waals surface area contributed by atoms with Gasteiger partial charge in [-0.25, -0.2) is 4.98 Å². The number of rotatable bonds is 7. The van der Waals surface area contributed by atoms with Crippen LogP contribution in [-0.4, -0.2) is 21.6 Å². The van der Waals surface area contributed by atoms with E-state index in [2.05, 4.69) is 20.3 Å². The highest BCUT2D eigenvalue weighted by atomic mass is 19.4. The van der Waals surface area contributed by atoms with Gasteiger partial charge in [0.1, 0.15) is 28.8 Å². The van der Waals surface area contributed by atoms with Crippen LogP contribution in [0.15, 0.2) is 72.9 Å². The maximum absolute atomic E-state index is 12.8. The van der Waals surface area contributed by atoms with Crippen LogP contribution in [0.3, 0.4) is 0 Å². The van der Waals surface area contributed by atoms with E-state index >= 15 is 0 Å². The van der Waals surface area contributed by atoms with E-state index in [-0.39, 0.29) is 11.7 Å². The van der Waals surface area contributed by atoms with Crippen LogP contribution in [-0.2, 0) is 6.18 Å². The molecule has 3 N–H and O–H groups in total. The molecule has 174 valence electrons. The highest BCUT2D eigenvalue weighted by Gasteiger charge is 2.32. The monoisotopic (exact) mass is 467 g/mol. The Hall–Kier alpha value is -4.34. The van der Waals surface area contributed by atoms with Gasteiger partial charge in [0, 0.05) is 29.6 Å². The molecule has 0 aliphatic heterocycles. The second kappa shape index (κ2) is 9.65. The van der Waals surface area contributed by atoms with Gasteiger partial charge in [-0.1, -0.05) is 12.1 Å². The first-order chi connectivity index (χ1) is 16.3. The largest absolute Gasteiger partial charge is 0.493 e. The molecule has 0 amide bonds. The molecule has 10 heteroatoms. The Morgan fingerprint density at radius 2 is 1.71 bits per heavy atom. The standard InChI is InChI=1S/C24H20F3N5O2/c1-2-33-20-6-4-3-5-18(20)19-14-22(32-23(28)31-19)30-15-7-9-16(10-8-15)34-17-11-12-29-21(13-17)24(25,26)27/h3-14H,2H2,1H3,(H3,28,30,31,32). The fraction of sp³-hybridized carbons (Fsp3) is 0.125. The number of pyridine rings is 1. The second-order valence-electron chi connectivity index (χ2n) is 7.05. The van der Waals surface area contributed by atoms with Gasteiger partial charge in [0.2, 0.25) is 5.95 Å². The molecule has 2 aromatic heterocycles. The van der Waals surface area contributed by atoms with Crippen molar-refractivity contribution in [2.45, 2.75) is 13.1 Å². The molecule has 2 aromatic carbocycles. The van der Waals surface area contributed by atoms with Gasteiger partial charge in [-0.2, -0.15) is 18.2 Å². The summed E-state index contributed by atoms with van der Waals surface area (Å²) in [4.78, 5) is 11.9. The number of alkyl halides is 3. The number of nitrogen functional groups attached to an aromatic ring is 1. The molecule has 0 saturated heterocycles. The minimum absolute atomic E-state index is 0.0317. The molecule has 7 nitrogen and oxygen atoms in total. The summed E-state index contributed by atoms with van der Waals surface area (Å²) in [5.74, 6) is 1.62. The molecule has 4 aromatic rings. The lowest BCUT2D eigenvalue weighted by Gasteiger charge is -2.12. The van der Waals surface area contributed by atoms with Crippen LogP contribution in [0.1, 0.15) is 12.6 Å². The summed E-state index contributed by atoms with van der Waals surface area (Å²) in [7, 11) is 0. The summed E-state index contributed by atoms with van der Waals surface area (Å²) in [6, 6.07) is 18.1. The van der Waals surface area contributed by atoms with Crippen molar-refractivity contribution in [3.8, 4) is 28.5 Å². The second-order valence-corrected chi connectivity index (χ2v) is 7.05. The van der Waals surface area contributed by atoms with Crippen molar-refractivity contribution in [3.05, 3.63) is 78.6 Å². The molecule has 0 fully saturated rings. The summed E-state index contributed by atoms with van der Waals surface area (Å²) in [5, 5.41) is 3.14.